The van der Waals surface area contributed by atoms with E-state index in [1.807, 2.05) is 0 Å². The Morgan fingerprint density at radius 1 is 1.16 bits per heavy atom. The fourth-order valence-corrected chi connectivity index (χ4v) is 4.34. The zero-order valence-corrected chi connectivity index (χ0v) is 17.8. The molecule has 1 aliphatic heterocycles. The van der Waals surface area contributed by atoms with Crippen LogP contribution >= 0.6 is 0 Å². The molecule has 0 amide bonds. The minimum atomic E-state index is -4.66. The van der Waals surface area contributed by atoms with Gasteiger partial charge in [-0.25, -0.2) is 27.7 Å². The number of hydrogen-bond acceptors (Lipinski definition) is 7. The van der Waals surface area contributed by atoms with Crippen LogP contribution in [-0.4, -0.2) is 62.6 Å². The summed E-state index contributed by atoms with van der Waals surface area (Å²) < 4.78 is 67.0. The number of hydrogen-bond donors (Lipinski definition) is 1. The van der Waals surface area contributed by atoms with Crippen molar-refractivity contribution < 1.29 is 21.6 Å². The maximum absolute atomic E-state index is 13.6. The van der Waals surface area contributed by atoms with Crippen LogP contribution in [-0.2, 0) is 16.2 Å². The maximum Gasteiger partial charge on any atom is 0.420 e. The number of alkyl halides is 3. The molecule has 0 spiro atoms. The highest BCUT2D eigenvalue weighted by molar-refractivity contribution is 7.88. The first kappa shape index (κ1) is 22.1. The van der Waals surface area contributed by atoms with Gasteiger partial charge in [-0.1, -0.05) is 0 Å². The van der Waals surface area contributed by atoms with E-state index < -0.39 is 21.8 Å². The van der Waals surface area contributed by atoms with Crippen LogP contribution in [0.15, 0.2) is 43.2 Å². The Labute approximate surface area is 182 Å². The minimum Gasteiger partial charge on any atom is -0.351 e. The molecule has 0 atom stereocenters. The third-order valence-corrected chi connectivity index (χ3v) is 6.42. The Kier molecular flexibility index (Phi) is 5.86. The molecule has 9 nitrogen and oxygen atoms in total. The van der Waals surface area contributed by atoms with Crippen molar-refractivity contribution in [3.63, 3.8) is 0 Å². The topological polar surface area (TPSA) is 106 Å². The van der Waals surface area contributed by atoms with Crippen molar-refractivity contribution in [2.75, 3.05) is 24.7 Å². The summed E-state index contributed by atoms with van der Waals surface area (Å²) in [5.74, 6) is 0.0294. The maximum atomic E-state index is 13.6. The van der Waals surface area contributed by atoms with Crippen molar-refractivity contribution >= 4 is 16.0 Å². The fraction of sp³-hybridized carbons (Fsp3) is 0.368. The highest BCUT2D eigenvalue weighted by Crippen LogP contribution is 2.35. The molecular weight excluding hydrogens is 447 g/mol. The normalized spacial score (nSPS) is 16.2. The highest BCUT2D eigenvalue weighted by Gasteiger charge is 2.36. The molecule has 3 aromatic rings. The van der Waals surface area contributed by atoms with E-state index in [4.69, 9.17) is 0 Å². The van der Waals surface area contributed by atoms with Gasteiger partial charge in [-0.05, 0) is 25.0 Å². The smallest absolute Gasteiger partial charge is 0.351 e. The number of aromatic nitrogens is 5. The summed E-state index contributed by atoms with van der Waals surface area (Å²) in [7, 11) is -3.27. The van der Waals surface area contributed by atoms with Gasteiger partial charge in [0.1, 0.15) is 23.3 Å². The number of nitrogens with zero attached hydrogens (tertiary/aromatic N) is 6. The van der Waals surface area contributed by atoms with Crippen LogP contribution in [0.3, 0.4) is 0 Å². The molecule has 32 heavy (non-hydrogen) atoms. The van der Waals surface area contributed by atoms with Crippen LogP contribution in [0.5, 0.6) is 0 Å². The van der Waals surface area contributed by atoms with Crippen molar-refractivity contribution in [3.05, 3.63) is 48.8 Å². The standard InChI is InChI=1S/C19H20F3N7O2S/c1-32(30,31)29-7-4-13(5-8-29)26-18-24-10-15(19(20,21)22)17(27-18)16-11-28(12-25-16)14-3-2-6-23-9-14/h2-3,6,9-13H,4-5,7-8H2,1H3,(H,24,26,27). The summed E-state index contributed by atoms with van der Waals surface area (Å²) in [5.41, 5.74) is -0.652. The van der Waals surface area contributed by atoms with Gasteiger partial charge in [-0.15, -0.1) is 0 Å². The minimum absolute atomic E-state index is 0.0294. The first-order valence-electron chi connectivity index (χ1n) is 9.72. The van der Waals surface area contributed by atoms with Crippen LogP contribution in [0.4, 0.5) is 19.1 Å². The van der Waals surface area contributed by atoms with Crippen LogP contribution in [0.1, 0.15) is 18.4 Å². The highest BCUT2D eigenvalue weighted by atomic mass is 32.2. The molecule has 170 valence electrons. The molecule has 4 rings (SSSR count). The number of anilines is 1. The number of pyridine rings is 1. The van der Waals surface area contributed by atoms with Crippen LogP contribution in [0.2, 0.25) is 0 Å². The number of sulfonamides is 1. The fourth-order valence-electron chi connectivity index (χ4n) is 3.46. The lowest BCUT2D eigenvalue weighted by Gasteiger charge is -2.30. The number of piperidine rings is 1. The van der Waals surface area contributed by atoms with E-state index in [9.17, 15) is 21.6 Å². The first-order chi connectivity index (χ1) is 15.1. The quantitative estimate of drug-likeness (QED) is 0.615. The molecule has 3 aromatic heterocycles. The number of halogens is 3. The summed E-state index contributed by atoms with van der Waals surface area (Å²) in [5, 5.41) is 3.02. The lowest BCUT2D eigenvalue weighted by Crippen LogP contribution is -2.42. The molecule has 0 aliphatic carbocycles. The predicted molar refractivity (Wildman–Crippen MR) is 110 cm³/mol. The van der Waals surface area contributed by atoms with E-state index >= 15 is 0 Å². The monoisotopic (exact) mass is 467 g/mol. The second-order valence-electron chi connectivity index (χ2n) is 7.41. The van der Waals surface area contributed by atoms with Crippen LogP contribution in [0.25, 0.3) is 17.1 Å². The van der Waals surface area contributed by atoms with Crippen molar-refractivity contribution in [1.29, 1.82) is 0 Å². The molecule has 0 radical (unpaired) electrons. The average Bonchev–Trinajstić information content (AvgIpc) is 3.24. The molecule has 1 N–H and O–H groups in total. The predicted octanol–water partition coefficient (Wildman–Crippen LogP) is 2.58. The molecule has 1 aliphatic rings. The Hall–Kier alpha value is -3.06. The van der Waals surface area contributed by atoms with Crippen LogP contribution in [0, 0.1) is 0 Å². The number of rotatable bonds is 5. The van der Waals surface area contributed by atoms with Crippen molar-refractivity contribution in [2.24, 2.45) is 0 Å². The van der Waals surface area contributed by atoms with Crippen LogP contribution < -0.4 is 5.32 Å². The summed E-state index contributed by atoms with van der Waals surface area (Å²) >= 11 is 0. The van der Waals surface area contributed by atoms with Gasteiger partial charge in [0, 0.05) is 37.7 Å². The third kappa shape index (κ3) is 4.88. The van der Waals surface area contributed by atoms with E-state index in [2.05, 4.69) is 25.3 Å². The first-order valence-corrected chi connectivity index (χ1v) is 11.6. The molecule has 0 unspecified atom stereocenters. The molecule has 0 aromatic carbocycles. The zero-order chi connectivity index (χ0) is 22.9. The van der Waals surface area contributed by atoms with E-state index in [0.717, 1.165) is 12.5 Å². The zero-order valence-electron chi connectivity index (χ0n) is 17.0. The van der Waals surface area contributed by atoms with Crippen molar-refractivity contribution in [3.8, 4) is 17.1 Å². The van der Waals surface area contributed by atoms with Crippen molar-refractivity contribution in [2.45, 2.75) is 25.1 Å². The van der Waals surface area contributed by atoms with Gasteiger partial charge in [0.25, 0.3) is 0 Å². The largest absolute Gasteiger partial charge is 0.420 e. The van der Waals surface area contributed by atoms with Gasteiger partial charge in [0.2, 0.25) is 16.0 Å². The summed E-state index contributed by atoms with van der Waals surface area (Å²) in [6.45, 7) is 0.638. The van der Waals surface area contributed by atoms with Gasteiger partial charge < -0.3 is 9.88 Å². The van der Waals surface area contributed by atoms with Gasteiger partial charge in [0.05, 0.1) is 18.1 Å². The number of imidazole rings is 1. The molecule has 0 bridgehead atoms. The summed E-state index contributed by atoms with van der Waals surface area (Å²) in [4.78, 5) is 16.1. The average molecular weight is 467 g/mol. The van der Waals surface area contributed by atoms with E-state index in [0.29, 0.717) is 31.6 Å². The molecule has 4 heterocycles. The molecule has 0 saturated carbocycles. The van der Waals surface area contributed by atoms with Gasteiger partial charge in [0.15, 0.2) is 0 Å². The lowest BCUT2D eigenvalue weighted by atomic mass is 10.1. The van der Waals surface area contributed by atoms with Gasteiger partial charge in [-0.3, -0.25) is 4.98 Å². The lowest BCUT2D eigenvalue weighted by molar-refractivity contribution is -0.137. The second-order valence-corrected chi connectivity index (χ2v) is 9.39. The van der Waals surface area contributed by atoms with E-state index in [-0.39, 0.29) is 23.4 Å². The third-order valence-electron chi connectivity index (χ3n) is 5.12. The second kappa shape index (κ2) is 8.47. The Balaban J connectivity index is 1.60. The molecule has 1 saturated heterocycles. The summed E-state index contributed by atoms with van der Waals surface area (Å²) in [6.07, 6.45) is 4.19. The van der Waals surface area contributed by atoms with Gasteiger partial charge >= 0.3 is 6.18 Å². The summed E-state index contributed by atoms with van der Waals surface area (Å²) in [6, 6.07) is 3.29. The molecule has 13 heteroatoms. The van der Waals surface area contributed by atoms with E-state index in [1.165, 1.54) is 16.8 Å². The van der Waals surface area contributed by atoms with Crippen molar-refractivity contribution in [1.82, 2.24) is 28.8 Å². The molecular formula is C19H20F3N7O2S. The Bertz CT molecular complexity index is 1190. The SMILES string of the molecule is CS(=O)(=O)N1CCC(Nc2ncc(C(F)(F)F)c(-c3cn(-c4cccnc4)cn3)n2)CC1. The Morgan fingerprint density at radius 2 is 1.91 bits per heavy atom. The number of nitrogens with one attached hydrogen (secondary N) is 1. The van der Waals surface area contributed by atoms with E-state index in [1.54, 1.807) is 29.1 Å². The molecule has 1 fully saturated rings. The van der Waals surface area contributed by atoms with Gasteiger partial charge in [-0.2, -0.15) is 13.2 Å². The Morgan fingerprint density at radius 3 is 2.53 bits per heavy atom.